The second-order valence-electron chi connectivity index (χ2n) is 3.79. The Kier molecular flexibility index (Phi) is 379. The summed E-state index contributed by atoms with van der Waals surface area (Å²) in [5, 5.41) is 91.3. The summed E-state index contributed by atoms with van der Waals surface area (Å²) in [4.78, 5) is 0. The van der Waals surface area contributed by atoms with Crippen LogP contribution in [0.3, 0.4) is 0 Å². The molecule has 0 fully saturated rings. The van der Waals surface area contributed by atoms with Crippen molar-refractivity contribution in [2.75, 3.05) is 0 Å². The smallest absolute Gasteiger partial charge is 0.148 e. The second-order valence-corrected chi connectivity index (χ2v) is 3.79. The van der Waals surface area contributed by atoms with Crippen molar-refractivity contribution in [1.82, 2.24) is 0 Å². The average molecular weight is 759 g/mol. The van der Waals surface area contributed by atoms with Crippen molar-refractivity contribution in [3.8, 4) is 0 Å². The summed E-state index contributed by atoms with van der Waals surface area (Å²) in [6.07, 6.45) is -7.00. The molecule has 0 spiro atoms. The van der Waals surface area contributed by atoms with Gasteiger partial charge in [0.2, 0.25) is 0 Å². The van der Waals surface area contributed by atoms with Crippen LogP contribution >= 0.6 is 0 Å². The molecule has 0 atom stereocenters. The quantitative estimate of drug-likeness (QED) is 0.0622. The van der Waals surface area contributed by atoms with Gasteiger partial charge in [-0.05, 0) is 41.5 Å². The molecule has 0 rings (SSSR count). The third kappa shape index (κ3) is 11700. The maximum Gasteiger partial charge on any atom is 0.148 e. The Morgan fingerprint density at radius 2 is 0.257 bits per heavy atom. The molecule has 0 aromatic carbocycles. The van der Waals surface area contributed by atoms with Crippen molar-refractivity contribution >= 4 is 0 Å². The molecule has 5 radical (unpaired) electrons. The monoisotopic (exact) mass is 759 g/mol. The van der Waals surface area contributed by atoms with E-state index in [2.05, 4.69) is 0 Å². The number of aliphatic hydroxyl groups is 12. The number of hydrogen-bond donors (Lipinski definition) is 12. The van der Waals surface area contributed by atoms with E-state index in [1.807, 2.05) is 0 Å². The first-order valence-corrected chi connectivity index (χ1v) is 6.56. The maximum absolute atomic E-state index is 7.61. The minimum atomic E-state index is -1.17. The fourth-order valence-electron chi connectivity index (χ4n) is 0. The molecule has 0 aromatic rings. The zero-order valence-electron chi connectivity index (χ0n) is 20.0. The third-order valence-electron chi connectivity index (χ3n) is 0. The average Bonchev–Trinajstić information content (AvgIpc) is 2.08. The molecule has 0 aliphatic rings. The van der Waals surface area contributed by atoms with Gasteiger partial charge in [0.15, 0.2) is 0 Å². The molecule has 0 aromatic heterocycles. The molecule has 239 valence electrons. The van der Waals surface area contributed by atoms with E-state index >= 15 is 0 Å². The Morgan fingerprint density at radius 3 is 0.257 bits per heavy atom. The van der Waals surface area contributed by atoms with E-state index < -0.39 is 37.7 Å². The van der Waals surface area contributed by atoms with Gasteiger partial charge in [0.05, 0.1) is 0 Å². The van der Waals surface area contributed by atoms with Gasteiger partial charge in [-0.1, -0.05) is 0 Å². The van der Waals surface area contributed by atoms with E-state index in [1.165, 1.54) is 41.5 Å². The summed E-state index contributed by atoms with van der Waals surface area (Å²) in [6, 6.07) is 0. The molecule has 0 bridgehead atoms. The van der Waals surface area contributed by atoms with E-state index in [1.54, 1.807) is 0 Å². The van der Waals surface area contributed by atoms with Gasteiger partial charge < -0.3 is 94.1 Å². The van der Waals surface area contributed by atoms with Gasteiger partial charge in [0.1, 0.15) is 37.7 Å². The summed E-state index contributed by atoms with van der Waals surface area (Å²) in [5.41, 5.74) is 0. The maximum atomic E-state index is 7.61. The van der Waals surface area contributed by atoms with E-state index in [0.29, 0.717) is 0 Å². The predicted molar refractivity (Wildman–Crippen MR) is 110 cm³/mol. The van der Waals surface area contributed by atoms with Crippen LogP contribution in [0.15, 0.2) is 0 Å². The second kappa shape index (κ2) is 110. The van der Waals surface area contributed by atoms with Crippen LogP contribution in [0.25, 0.3) is 0 Å². The van der Waals surface area contributed by atoms with Gasteiger partial charge in [-0.2, -0.15) is 0 Å². The van der Waals surface area contributed by atoms with Crippen LogP contribution in [0.2, 0.25) is 0 Å². The van der Waals surface area contributed by atoms with Crippen LogP contribution in [-0.2, 0) is 107 Å². The number of rotatable bonds is 0. The number of hydrogen-bond acceptors (Lipinski definition) is 12. The van der Waals surface area contributed by atoms with Crippen molar-refractivity contribution < 1.29 is 179 Å². The zero-order chi connectivity index (χ0) is 21.5. The first-order chi connectivity index (χ1) is 10.4. The molecule has 0 unspecified atom stereocenters. The Bertz CT molecular complexity index is 125. The van der Waals surface area contributed by atoms with E-state index in [-0.39, 0.29) is 118 Å². The van der Waals surface area contributed by atoms with E-state index in [9.17, 15) is 0 Å². The SMILES string of the molecule is CC(O)O.CC(O)O.CC(O)O.CC(O)O.CC(O)O.CC(O)O.O.O.[Mn].[Mn].[Mn].[Mn].[Mn].[OH3+].[OH3+].[OH3+].[OH3+]. The van der Waals surface area contributed by atoms with Crippen LogP contribution in [0.1, 0.15) is 41.5 Å². The van der Waals surface area contributed by atoms with Gasteiger partial charge in [0.25, 0.3) is 0 Å². The van der Waals surface area contributed by atoms with Gasteiger partial charge in [0, 0.05) is 85.3 Å². The molecule has 28 N–H and O–H groups in total. The molecule has 0 aliphatic carbocycles. The topological polar surface area (TPSA) is 438 Å². The minimum absolute atomic E-state index is 0. The molecule has 0 amide bonds. The fourth-order valence-corrected chi connectivity index (χ4v) is 0. The Morgan fingerprint density at radius 1 is 0.257 bits per heavy atom. The molecule has 0 saturated carbocycles. The summed E-state index contributed by atoms with van der Waals surface area (Å²) >= 11 is 0. The van der Waals surface area contributed by atoms with Crippen molar-refractivity contribution in [2.24, 2.45) is 0 Å². The molecule has 18 nitrogen and oxygen atoms in total. The Hall–Kier alpha value is 1.88. The molecule has 0 heterocycles. The molecule has 0 aliphatic heterocycles. The Balaban J connectivity index is -0.00000000697. The first kappa shape index (κ1) is 120. The summed E-state index contributed by atoms with van der Waals surface area (Å²) in [7, 11) is 0. The molecule has 23 heteroatoms. The standard InChI is InChI=1S/6C2H6O2.5Mn.6H2O/c6*1-2(3)4;;;;;;;;;;;/h6*2-4H,1H3;;;;;;6*1H2/p+4. The van der Waals surface area contributed by atoms with Gasteiger partial charge >= 0.3 is 0 Å². The van der Waals surface area contributed by atoms with E-state index in [4.69, 9.17) is 61.3 Å². The van der Waals surface area contributed by atoms with Crippen molar-refractivity contribution in [3.05, 3.63) is 0 Å². The third-order valence-corrected chi connectivity index (χ3v) is 0. The van der Waals surface area contributed by atoms with Crippen LogP contribution in [0, 0.1) is 0 Å². The fraction of sp³-hybridized carbons (Fsp3) is 1.00. The van der Waals surface area contributed by atoms with Gasteiger partial charge in [-0.25, -0.2) is 0 Å². The van der Waals surface area contributed by atoms with Gasteiger partial charge in [-0.15, -0.1) is 0 Å². The molecule has 35 heavy (non-hydrogen) atoms. The summed E-state index contributed by atoms with van der Waals surface area (Å²) in [6.45, 7) is 7.67. The molecular formula is C12H52Mn5O18+4. The summed E-state index contributed by atoms with van der Waals surface area (Å²) in [5.74, 6) is 0. The summed E-state index contributed by atoms with van der Waals surface area (Å²) < 4.78 is 0. The van der Waals surface area contributed by atoms with Crippen molar-refractivity contribution in [3.63, 3.8) is 0 Å². The zero-order valence-corrected chi connectivity index (χ0v) is 25.9. The molecule has 0 saturated heterocycles. The Labute approximate surface area is 257 Å². The van der Waals surface area contributed by atoms with Crippen molar-refractivity contribution in [2.45, 2.75) is 79.3 Å². The molecular weight excluding hydrogens is 707 g/mol. The van der Waals surface area contributed by atoms with Crippen molar-refractivity contribution in [1.29, 1.82) is 0 Å². The van der Waals surface area contributed by atoms with Crippen LogP contribution in [0.5, 0.6) is 0 Å². The van der Waals surface area contributed by atoms with Crippen LogP contribution < -0.4 is 0 Å². The minimum Gasteiger partial charge on any atom is -0.457 e. The van der Waals surface area contributed by atoms with Gasteiger partial charge in [-0.3, -0.25) is 0 Å². The van der Waals surface area contributed by atoms with Crippen LogP contribution in [-0.4, -0.2) is 110 Å². The van der Waals surface area contributed by atoms with Crippen LogP contribution in [0.4, 0.5) is 0 Å². The van der Waals surface area contributed by atoms with E-state index in [0.717, 1.165) is 0 Å². The normalized spacial score (nSPS) is 6.17. The first-order valence-electron chi connectivity index (χ1n) is 6.56. The largest absolute Gasteiger partial charge is 0.457 e. The number of aliphatic hydroxyl groups excluding tert-OH is 6. The predicted octanol–water partition coefficient (Wildman–Crippen LogP) is -9.45.